The van der Waals surface area contributed by atoms with Gasteiger partial charge in [-0.15, -0.1) is 0 Å². The van der Waals surface area contributed by atoms with Gasteiger partial charge in [-0.2, -0.15) is 4.31 Å². The third kappa shape index (κ3) is 4.54. The topological polar surface area (TPSA) is 109 Å². The molecule has 1 aromatic carbocycles. The number of nitrogens with zero attached hydrogens (tertiary/aromatic N) is 1. The van der Waals surface area contributed by atoms with Crippen molar-refractivity contribution in [2.75, 3.05) is 23.7 Å². The van der Waals surface area contributed by atoms with Gasteiger partial charge in [0.25, 0.3) is 15.9 Å². The molecule has 0 saturated carbocycles. The molecule has 3 rings (SSSR count). The molecule has 2 heterocycles. The van der Waals surface area contributed by atoms with Gasteiger partial charge in [-0.3, -0.25) is 9.59 Å². The first-order chi connectivity index (χ1) is 13.3. The van der Waals surface area contributed by atoms with Crippen LogP contribution in [0, 0.1) is 0 Å². The van der Waals surface area contributed by atoms with E-state index in [2.05, 4.69) is 10.6 Å². The molecule has 0 bridgehead atoms. The molecule has 0 unspecified atom stereocenters. The molecule has 1 aliphatic rings. The Balaban J connectivity index is 1.73. The van der Waals surface area contributed by atoms with Crippen molar-refractivity contribution in [2.24, 2.45) is 0 Å². The highest BCUT2D eigenvalue weighted by Gasteiger charge is 2.29. The van der Waals surface area contributed by atoms with Gasteiger partial charge in [0.15, 0.2) is 5.76 Å². The van der Waals surface area contributed by atoms with Crippen molar-refractivity contribution < 1.29 is 22.4 Å². The summed E-state index contributed by atoms with van der Waals surface area (Å²) in [5.74, 6) is -1.02. The summed E-state index contributed by atoms with van der Waals surface area (Å²) in [6.45, 7) is 2.26. The Morgan fingerprint density at radius 3 is 2.43 bits per heavy atom. The van der Waals surface area contributed by atoms with Crippen LogP contribution in [0.15, 0.2) is 39.8 Å². The summed E-state index contributed by atoms with van der Waals surface area (Å²) in [7, 11) is -3.75. The number of carbonyl (C=O) groups is 2. The molecular formula is C18H20ClN3O5S. The molecule has 1 aliphatic heterocycles. The van der Waals surface area contributed by atoms with E-state index in [1.165, 1.54) is 35.5 Å². The molecule has 10 heteroatoms. The van der Waals surface area contributed by atoms with E-state index >= 15 is 0 Å². The standard InChI is InChI=1S/C18H20ClN3O5S/c1-12(23)20-13-5-6-15(14(19)11-13)21-18(24)16-7-8-17(27-16)28(25,26)22-9-3-2-4-10-22/h5-8,11H,2-4,9-10H2,1H3,(H,20,23)(H,21,24). The fourth-order valence-electron chi connectivity index (χ4n) is 2.89. The summed E-state index contributed by atoms with van der Waals surface area (Å²) in [6, 6.07) is 7.19. The number of amides is 2. The van der Waals surface area contributed by atoms with E-state index in [4.69, 9.17) is 16.0 Å². The van der Waals surface area contributed by atoms with Gasteiger partial charge in [0.2, 0.25) is 11.0 Å². The maximum Gasteiger partial charge on any atom is 0.291 e. The van der Waals surface area contributed by atoms with Gasteiger partial charge in [0.1, 0.15) is 0 Å². The Morgan fingerprint density at radius 1 is 1.07 bits per heavy atom. The van der Waals surface area contributed by atoms with Crippen LogP contribution in [0.4, 0.5) is 11.4 Å². The van der Waals surface area contributed by atoms with Gasteiger partial charge < -0.3 is 15.1 Å². The van der Waals surface area contributed by atoms with Gasteiger partial charge in [0.05, 0.1) is 10.7 Å². The van der Waals surface area contributed by atoms with Crippen molar-refractivity contribution in [2.45, 2.75) is 31.3 Å². The molecule has 8 nitrogen and oxygen atoms in total. The molecule has 0 atom stereocenters. The molecule has 0 radical (unpaired) electrons. The first kappa shape index (κ1) is 20.4. The molecule has 0 aliphatic carbocycles. The third-order valence-corrected chi connectivity index (χ3v) is 6.34. The van der Waals surface area contributed by atoms with Crippen molar-refractivity contribution in [3.8, 4) is 0 Å². The molecule has 2 N–H and O–H groups in total. The van der Waals surface area contributed by atoms with Gasteiger partial charge in [0, 0.05) is 25.7 Å². The summed E-state index contributed by atoms with van der Waals surface area (Å²) in [5.41, 5.74) is 0.793. The van der Waals surface area contributed by atoms with Crippen LogP contribution in [0.5, 0.6) is 0 Å². The van der Waals surface area contributed by atoms with Gasteiger partial charge in [-0.1, -0.05) is 18.0 Å². The lowest BCUT2D eigenvalue weighted by Gasteiger charge is -2.24. The fraction of sp³-hybridized carbons (Fsp3) is 0.333. The van der Waals surface area contributed by atoms with E-state index in [0.717, 1.165) is 19.3 Å². The zero-order valence-corrected chi connectivity index (χ0v) is 16.8. The minimum Gasteiger partial charge on any atom is -0.438 e. The van der Waals surface area contributed by atoms with E-state index in [1.807, 2.05) is 0 Å². The quantitative estimate of drug-likeness (QED) is 0.763. The van der Waals surface area contributed by atoms with Crippen molar-refractivity contribution in [3.05, 3.63) is 41.1 Å². The lowest BCUT2D eigenvalue weighted by Crippen LogP contribution is -2.35. The molecule has 1 aromatic heterocycles. The summed E-state index contributed by atoms with van der Waals surface area (Å²) < 4.78 is 31.9. The molecule has 2 amide bonds. The zero-order valence-electron chi connectivity index (χ0n) is 15.2. The van der Waals surface area contributed by atoms with E-state index in [9.17, 15) is 18.0 Å². The fourth-order valence-corrected chi connectivity index (χ4v) is 4.55. The Morgan fingerprint density at radius 2 is 1.79 bits per heavy atom. The number of anilines is 2. The number of nitrogens with one attached hydrogen (secondary N) is 2. The van der Waals surface area contributed by atoms with Crippen LogP contribution in [-0.4, -0.2) is 37.6 Å². The van der Waals surface area contributed by atoms with Gasteiger partial charge >= 0.3 is 0 Å². The Labute approximate surface area is 167 Å². The SMILES string of the molecule is CC(=O)Nc1ccc(NC(=O)c2ccc(S(=O)(=O)N3CCCCC3)o2)c(Cl)c1. The Hall–Kier alpha value is -2.36. The monoisotopic (exact) mass is 425 g/mol. The van der Waals surface area contributed by atoms with Crippen LogP contribution in [0.1, 0.15) is 36.7 Å². The second-order valence-corrected chi connectivity index (χ2v) is 8.69. The lowest BCUT2D eigenvalue weighted by atomic mass is 10.2. The number of rotatable bonds is 5. The third-order valence-electron chi connectivity index (χ3n) is 4.25. The number of hydrogen-bond acceptors (Lipinski definition) is 5. The maximum absolute atomic E-state index is 12.6. The Kier molecular flexibility index (Phi) is 6.07. The summed E-state index contributed by atoms with van der Waals surface area (Å²) in [6.07, 6.45) is 2.61. The van der Waals surface area contributed by atoms with Crippen LogP contribution >= 0.6 is 11.6 Å². The van der Waals surface area contributed by atoms with Crippen molar-refractivity contribution >= 4 is 44.8 Å². The number of halogens is 1. The number of sulfonamides is 1. The predicted octanol–water partition coefficient (Wildman–Crippen LogP) is 3.32. The van der Waals surface area contributed by atoms with E-state index in [0.29, 0.717) is 24.5 Å². The van der Waals surface area contributed by atoms with E-state index in [1.54, 1.807) is 6.07 Å². The van der Waals surface area contributed by atoms with Crippen molar-refractivity contribution in [3.63, 3.8) is 0 Å². The number of piperidine rings is 1. The first-order valence-corrected chi connectivity index (χ1v) is 10.6. The summed E-state index contributed by atoms with van der Waals surface area (Å²) >= 11 is 6.12. The summed E-state index contributed by atoms with van der Waals surface area (Å²) in [5, 5.41) is 5.11. The molecular weight excluding hydrogens is 406 g/mol. The smallest absolute Gasteiger partial charge is 0.291 e. The number of furan rings is 1. The van der Waals surface area contributed by atoms with Crippen LogP contribution in [0.2, 0.25) is 5.02 Å². The molecule has 1 saturated heterocycles. The number of hydrogen-bond donors (Lipinski definition) is 2. The van der Waals surface area contributed by atoms with Crippen LogP contribution < -0.4 is 10.6 Å². The highest BCUT2D eigenvalue weighted by molar-refractivity contribution is 7.89. The second-order valence-electron chi connectivity index (χ2n) is 6.41. The van der Waals surface area contributed by atoms with Crippen LogP contribution in [0.25, 0.3) is 0 Å². The molecule has 0 spiro atoms. The maximum atomic E-state index is 12.6. The van der Waals surface area contributed by atoms with Crippen LogP contribution in [-0.2, 0) is 14.8 Å². The van der Waals surface area contributed by atoms with E-state index in [-0.39, 0.29) is 21.8 Å². The summed E-state index contributed by atoms with van der Waals surface area (Å²) in [4.78, 5) is 23.5. The van der Waals surface area contributed by atoms with Gasteiger partial charge in [-0.25, -0.2) is 8.42 Å². The Bertz CT molecular complexity index is 996. The minimum atomic E-state index is -3.75. The predicted molar refractivity (Wildman–Crippen MR) is 105 cm³/mol. The normalized spacial score (nSPS) is 15.2. The zero-order chi connectivity index (χ0) is 20.3. The van der Waals surface area contributed by atoms with Crippen molar-refractivity contribution in [1.29, 1.82) is 0 Å². The second kappa shape index (κ2) is 8.34. The minimum absolute atomic E-state index is 0.141. The average Bonchev–Trinajstić information content (AvgIpc) is 3.15. The number of carbonyl (C=O) groups excluding carboxylic acids is 2. The average molecular weight is 426 g/mol. The molecule has 150 valence electrons. The molecule has 1 fully saturated rings. The largest absolute Gasteiger partial charge is 0.438 e. The van der Waals surface area contributed by atoms with E-state index < -0.39 is 15.9 Å². The number of benzene rings is 1. The highest BCUT2D eigenvalue weighted by Crippen LogP contribution is 2.27. The first-order valence-electron chi connectivity index (χ1n) is 8.76. The van der Waals surface area contributed by atoms with Crippen molar-refractivity contribution in [1.82, 2.24) is 4.31 Å². The molecule has 28 heavy (non-hydrogen) atoms. The molecule has 2 aromatic rings. The van der Waals surface area contributed by atoms with Crippen LogP contribution in [0.3, 0.4) is 0 Å². The highest BCUT2D eigenvalue weighted by atomic mass is 35.5. The van der Waals surface area contributed by atoms with Gasteiger partial charge in [-0.05, 0) is 43.2 Å². The lowest BCUT2D eigenvalue weighted by molar-refractivity contribution is -0.114.